The number of aromatic nitrogens is 1. The number of hydrogen-bond acceptors (Lipinski definition) is 6. The van der Waals surface area contributed by atoms with Crippen LogP contribution in [0.2, 0.25) is 5.02 Å². The molecule has 3 aromatic rings. The largest absolute Gasteiger partial charge is 0.457 e. The number of carbonyl (C=O) groups is 1. The monoisotopic (exact) mass is 439 g/mol. The Morgan fingerprint density at radius 3 is 2.61 bits per heavy atom. The number of anilines is 3. The molecular formula is C21H18ClN5O4. The molecule has 3 N–H and O–H groups in total. The Hall–Kier alpha value is -3.85. The number of urea groups is 1. The van der Waals surface area contributed by atoms with Crippen LogP contribution in [0.5, 0.6) is 11.5 Å². The van der Waals surface area contributed by atoms with Gasteiger partial charge in [-0.05, 0) is 37.1 Å². The van der Waals surface area contributed by atoms with Crippen LogP contribution in [0.15, 0.2) is 60.8 Å². The van der Waals surface area contributed by atoms with Gasteiger partial charge in [-0.15, -0.1) is 0 Å². The Labute approximate surface area is 182 Å². The zero-order valence-electron chi connectivity index (χ0n) is 16.2. The number of nitrogens with one attached hydrogen (secondary N) is 3. The van der Waals surface area contributed by atoms with Crippen molar-refractivity contribution >= 4 is 40.5 Å². The van der Waals surface area contributed by atoms with E-state index in [0.29, 0.717) is 33.7 Å². The number of pyridine rings is 1. The third kappa shape index (κ3) is 5.40. The van der Waals surface area contributed by atoms with Crippen molar-refractivity contribution in [1.29, 1.82) is 0 Å². The SMILES string of the molecule is O=C(Nc1ccc(Oc2ccnc(Nc3ccccc3[N+](=O)[O-])c2)cc1Cl)NC1CC1. The first kappa shape index (κ1) is 20.4. The Balaban J connectivity index is 1.44. The van der Waals surface area contributed by atoms with Gasteiger partial charge < -0.3 is 20.7 Å². The van der Waals surface area contributed by atoms with Gasteiger partial charge in [0.1, 0.15) is 23.0 Å². The zero-order valence-corrected chi connectivity index (χ0v) is 16.9. The van der Waals surface area contributed by atoms with E-state index in [1.807, 2.05) is 0 Å². The number of nitro groups is 1. The first-order chi connectivity index (χ1) is 15.0. The van der Waals surface area contributed by atoms with Crippen LogP contribution in [0, 0.1) is 10.1 Å². The van der Waals surface area contributed by atoms with Crippen LogP contribution in [0.3, 0.4) is 0 Å². The summed E-state index contributed by atoms with van der Waals surface area (Å²) in [6.45, 7) is 0. The Kier molecular flexibility index (Phi) is 5.85. The van der Waals surface area contributed by atoms with E-state index >= 15 is 0 Å². The van der Waals surface area contributed by atoms with E-state index in [9.17, 15) is 14.9 Å². The van der Waals surface area contributed by atoms with Crippen LogP contribution in [0.25, 0.3) is 0 Å². The molecule has 158 valence electrons. The topological polar surface area (TPSA) is 118 Å². The first-order valence-corrected chi connectivity index (χ1v) is 9.87. The minimum Gasteiger partial charge on any atom is -0.457 e. The van der Waals surface area contributed by atoms with Crippen LogP contribution >= 0.6 is 11.6 Å². The molecule has 10 heteroatoms. The second kappa shape index (κ2) is 8.88. The molecule has 9 nitrogen and oxygen atoms in total. The summed E-state index contributed by atoms with van der Waals surface area (Å²) in [6, 6.07) is 14.4. The summed E-state index contributed by atoms with van der Waals surface area (Å²) in [5.41, 5.74) is 0.733. The number of hydrogen-bond donors (Lipinski definition) is 3. The molecule has 1 fully saturated rings. The summed E-state index contributed by atoms with van der Waals surface area (Å²) >= 11 is 6.27. The molecule has 0 atom stereocenters. The lowest BCUT2D eigenvalue weighted by molar-refractivity contribution is -0.383. The van der Waals surface area contributed by atoms with Crippen molar-refractivity contribution in [2.24, 2.45) is 0 Å². The molecular weight excluding hydrogens is 422 g/mol. The summed E-state index contributed by atoms with van der Waals surface area (Å²) < 4.78 is 5.82. The standard InChI is InChI=1S/C21H18ClN5O4/c22-16-11-14(7-8-17(16)26-21(28)24-13-5-6-13)31-15-9-10-23-20(12-15)25-18-3-1-2-4-19(18)27(29)30/h1-4,7-13H,5-6H2,(H,23,25)(H2,24,26,28). The van der Waals surface area contributed by atoms with Crippen molar-refractivity contribution in [3.63, 3.8) is 0 Å². The smallest absolute Gasteiger partial charge is 0.319 e. The zero-order chi connectivity index (χ0) is 21.8. The maximum atomic E-state index is 11.9. The van der Waals surface area contributed by atoms with E-state index < -0.39 is 4.92 Å². The highest BCUT2D eigenvalue weighted by atomic mass is 35.5. The summed E-state index contributed by atoms with van der Waals surface area (Å²) in [5, 5.41) is 20.0. The fourth-order valence-electron chi connectivity index (χ4n) is 2.79. The second-order valence-electron chi connectivity index (χ2n) is 6.89. The number of nitro benzene ring substituents is 1. The first-order valence-electron chi connectivity index (χ1n) is 9.49. The van der Waals surface area contributed by atoms with E-state index in [1.165, 1.54) is 12.3 Å². The lowest BCUT2D eigenvalue weighted by Gasteiger charge is -2.12. The van der Waals surface area contributed by atoms with E-state index in [4.69, 9.17) is 16.3 Å². The van der Waals surface area contributed by atoms with Crippen LogP contribution in [-0.2, 0) is 0 Å². The van der Waals surface area contributed by atoms with Crippen LogP contribution < -0.4 is 20.7 Å². The number of carbonyl (C=O) groups excluding carboxylic acids is 1. The summed E-state index contributed by atoms with van der Waals surface area (Å²) in [4.78, 5) is 26.8. The predicted molar refractivity (Wildman–Crippen MR) is 117 cm³/mol. The number of amides is 2. The number of benzene rings is 2. The van der Waals surface area contributed by atoms with Crippen molar-refractivity contribution in [2.75, 3.05) is 10.6 Å². The van der Waals surface area contributed by atoms with Gasteiger partial charge in [-0.25, -0.2) is 9.78 Å². The maximum Gasteiger partial charge on any atom is 0.319 e. The molecule has 1 aliphatic carbocycles. The third-order valence-electron chi connectivity index (χ3n) is 4.43. The third-order valence-corrected chi connectivity index (χ3v) is 4.74. The normalized spacial score (nSPS) is 12.7. The molecule has 0 bridgehead atoms. The van der Waals surface area contributed by atoms with Crippen molar-refractivity contribution in [3.05, 3.63) is 75.9 Å². The molecule has 1 aromatic heterocycles. The van der Waals surface area contributed by atoms with Gasteiger partial charge in [0, 0.05) is 30.4 Å². The minimum atomic E-state index is -0.467. The number of nitrogens with zero attached hydrogens (tertiary/aromatic N) is 2. The predicted octanol–water partition coefficient (Wildman–Crippen LogP) is 5.46. The molecule has 2 amide bonds. The highest BCUT2D eigenvalue weighted by molar-refractivity contribution is 6.33. The molecule has 31 heavy (non-hydrogen) atoms. The Bertz CT molecular complexity index is 1140. The molecule has 0 spiro atoms. The van der Waals surface area contributed by atoms with Crippen LogP contribution in [0.4, 0.5) is 27.7 Å². The van der Waals surface area contributed by atoms with Crippen molar-refractivity contribution in [1.82, 2.24) is 10.3 Å². The summed E-state index contributed by atoms with van der Waals surface area (Å²) in [5.74, 6) is 1.30. The summed E-state index contributed by atoms with van der Waals surface area (Å²) in [7, 11) is 0. The van der Waals surface area contributed by atoms with Gasteiger partial charge in [0.25, 0.3) is 5.69 Å². The molecule has 0 aliphatic heterocycles. The van der Waals surface area contributed by atoms with E-state index in [0.717, 1.165) is 12.8 Å². The molecule has 2 aromatic carbocycles. The van der Waals surface area contributed by atoms with E-state index in [-0.39, 0.29) is 17.8 Å². The fraction of sp³-hybridized carbons (Fsp3) is 0.143. The summed E-state index contributed by atoms with van der Waals surface area (Å²) in [6.07, 6.45) is 3.51. The highest BCUT2D eigenvalue weighted by Gasteiger charge is 2.23. The van der Waals surface area contributed by atoms with Crippen molar-refractivity contribution in [3.8, 4) is 11.5 Å². The molecule has 0 unspecified atom stereocenters. The molecule has 1 aliphatic rings. The van der Waals surface area contributed by atoms with Crippen molar-refractivity contribution in [2.45, 2.75) is 18.9 Å². The van der Waals surface area contributed by atoms with Gasteiger partial charge in [-0.2, -0.15) is 0 Å². The maximum absolute atomic E-state index is 11.9. The van der Waals surface area contributed by atoms with Gasteiger partial charge in [-0.3, -0.25) is 10.1 Å². The molecule has 1 saturated carbocycles. The average molecular weight is 440 g/mol. The minimum absolute atomic E-state index is 0.0591. The van der Waals surface area contributed by atoms with Gasteiger partial charge in [0.15, 0.2) is 0 Å². The molecule has 0 saturated heterocycles. The average Bonchev–Trinajstić information content (AvgIpc) is 3.54. The van der Waals surface area contributed by atoms with Gasteiger partial charge in [0.2, 0.25) is 0 Å². The molecule has 0 radical (unpaired) electrons. The van der Waals surface area contributed by atoms with E-state index in [1.54, 1.807) is 48.5 Å². The van der Waals surface area contributed by atoms with Crippen LogP contribution in [0.1, 0.15) is 12.8 Å². The number of halogens is 1. The number of rotatable bonds is 7. The fourth-order valence-corrected chi connectivity index (χ4v) is 3.01. The number of para-hydroxylation sites is 2. The second-order valence-corrected chi connectivity index (χ2v) is 7.30. The lowest BCUT2D eigenvalue weighted by Crippen LogP contribution is -2.30. The Morgan fingerprint density at radius 2 is 1.87 bits per heavy atom. The van der Waals surface area contributed by atoms with Gasteiger partial charge >= 0.3 is 6.03 Å². The lowest BCUT2D eigenvalue weighted by atomic mass is 10.2. The molecule has 4 rings (SSSR count). The van der Waals surface area contributed by atoms with Crippen LogP contribution in [-0.4, -0.2) is 22.0 Å². The van der Waals surface area contributed by atoms with Gasteiger partial charge in [0.05, 0.1) is 15.6 Å². The quantitative estimate of drug-likeness (QED) is 0.332. The van der Waals surface area contributed by atoms with Gasteiger partial charge in [-0.1, -0.05) is 23.7 Å². The van der Waals surface area contributed by atoms with Crippen molar-refractivity contribution < 1.29 is 14.5 Å². The highest BCUT2D eigenvalue weighted by Crippen LogP contribution is 2.32. The number of ether oxygens (including phenoxy) is 1. The Morgan fingerprint density at radius 1 is 1.10 bits per heavy atom. The molecule has 1 heterocycles. The van der Waals surface area contributed by atoms with E-state index in [2.05, 4.69) is 20.9 Å².